The summed E-state index contributed by atoms with van der Waals surface area (Å²) in [6, 6.07) is 13.7. The number of nitrogens with zero attached hydrogens (tertiary/aromatic N) is 2. The van der Waals surface area contributed by atoms with Gasteiger partial charge in [-0.1, -0.05) is 35.4 Å². The van der Waals surface area contributed by atoms with Crippen LogP contribution in [0.15, 0.2) is 53.4 Å². The van der Waals surface area contributed by atoms with Gasteiger partial charge in [0.1, 0.15) is 5.75 Å². The molecule has 0 saturated carbocycles. The maximum atomic E-state index is 12.7. The first-order valence-electron chi connectivity index (χ1n) is 8.59. The number of sulfonamides is 1. The number of carbonyl (C=O) groups excluding carboxylic acids is 1. The average molecular weight is 409 g/mol. The van der Waals surface area contributed by atoms with Crippen LogP contribution in [0.5, 0.6) is 5.75 Å². The van der Waals surface area contributed by atoms with E-state index in [1.807, 2.05) is 31.2 Å². The highest BCUT2D eigenvalue weighted by Gasteiger charge is 2.30. The zero-order valence-corrected chi connectivity index (χ0v) is 16.5. The minimum absolute atomic E-state index is 0.0654. The maximum Gasteiger partial charge on any atom is 0.260 e. The second kappa shape index (κ2) is 8.29. The third kappa shape index (κ3) is 4.80. The number of carbonyl (C=O) groups is 1. The van der Waals surface area contributed by atoms with Gasteiger partial charge in [-0.3, -0.25) is 4.79 Å². The highest BCUT2D eigenvalue weighted by atomic mass is 35.5. The van der Waals surface area contributed by atoms with E-state index in [9.17, 15) is 13.2 Å². The Bertz CT molecular complexity index is 908. The summed E-state index contributed by atoms with van der Waals surface area (Å²) in [6.45, 7) is 3.05. The monoisotopic (exact) mass is 408 g/mol. The Morgan fingerprint density at radius 3 is 2.37 bits per heavy atom. The topological polar surface area (TPSA) is 66.9 Å². The molecule has 0 unspecified atom stereocenters. The Kier molecular flexibility index (Phi) is 6.04. The van der Waals surface area contributed by atoms with Crippen LogP contribution in [0.25, 0.3) is 0 Å². The van der Waals surface area contributed by atoms with Crippen molar-refractivity contribution in [2.75, 3.05) is 32.8 Å². The fraction of sp³-hybridized carbons (Fsp3) is 0.316. The van der Waals surface area contributed by atoms with Crippen LogP contribution in [0.2, 0.25) is 5.02 Å². The van der Waals surface area contributed by atoms with Crippen molar-refractivity contribution in [3.8, 4) is 5.75 Å². The standard InChI is InChI=1S/C19H21ClN2O4S/c1-15-5-7-17(8-6-15)26-14-19(23)21-9-11-22(12-10-21)27(24,25)18-4-2-3-16(20)13-18/h2-8,13H,9-12,14H2,1H3. The Morgan fingerprint density at radius 1 is 1.07 bits per heavy atom. The predicted octanol–water partition coefficient (Wildman–Crippen LogP) is 2.56. The molecule has 27 heavy (non-hydrogen) atoms. The van der Waals surface area contributed by atoms with Gasteiger partial charge < -0.3 is 9.64 Å². The van der Waals surface area contributed by atoms with Crippen molar-refractivity contribution in [2.24, 2.45) is 0 Å². The van der Waals surface area contributed by atoms with E-state index in [1.54, 1.807) is 17.0 Å². The first-order valence-corrected chi connectivity index (χ1v) is 10.4. The Morgan fingerprint density at radius 2 is 1.74 bits per heavy atom. The summed E-state index contributed by atoms with van der Waals surface area (Å²) < 4.78 is 32.3. The molecule has 0 radical (unpaired) electrons. The van der Waals surface area contributed by atoms with Crippen LogP contribution < -0.4 is 4.74 Å². The number of ether oxygens (including phenoxy) is 1. The molecule has 1 heterocycles. The van der Waals surface area contributed by atoms with Gasteiger partial charge in [0.05, 0.1) is 4.90 Å². The molecule has 1 fully saturated rings. The number of aryl methyl sites for hydroxylation is 1. The number of amides is 1. The average Bonchev–Trinajstić information content (AvgIpc) is 2.67. The van der Waals surface area contributed by atoms with E-state index in [-0.39, 0.29) is 30.5 Å². The van der Waals surface area contributed by atoms with E-state index in [4.69, 9.17) is 16.3 Å². The number of piperazine rings is 1. The second-order valence-electron chi connectivity index (χ2n) is 6.34. The van der Waals surface area contributed by atoms with Crippen molar-refractivity contribution in [2.45, 2.75) is 11.8 Å². The SMILES string of the molecule is Cc1ccc(OCC(=O)N2CCN(S(=O)(=O)c3cccc(Cl)c3)CC2)cc1. The molecule has 1 aliphatic heterocycles. The number of hydrogen-bond acceptors (Lipinski definition) is 4. The van der Waals surface area contributed by atoms with Crippen LogP contribution in [0.4, 0.5) is 0 Å². The first-order chi connectivity index (χ1) is 12.9. The van der Waals surface area contributed by atoms with Crippen LogP contribution in [-0.4, -0.2) is 56.3 Å². The van der Waals surface area contributed by atoms with Crippen molar-refractivity contribution in [1.82, 2.24) is 9.21 Å². The molecule has 0 spiro atoms. The molecule has 6 nitrogen and oxygen atoms in total. The van der Waals surface area contributed by atoms with E-state index < -0.39 is 10.0 Å². The van der Waals surface area contributed by atoms with E-state index in [2.05, 4.69) is 0 Å². The van der Waals surface area contributed by atoms with Crippen LogP contribution in [0, 0.1) is 6.92 Å². The summed E-state index contributed by atoms with van der Waals surface area (Å²) in [5, 5.41) is 0.373. The highest BCUT2D eigenvalue weighted by Crippen LogP contribution is 2.21. The summed E-state index contributed by atoms with van der Waals surface area (Å²) in [7, 11) is -3.61. The smallest absolute Gasteiger partial charge is 0.260 e. The van der Waals surface area contributed by atoms with Gasteiger partial charge in [-0.25, -0.2) is 8.42 Å². The minimum atomic E-state index is -3.61. The van der Waals surface area contributed by atoms with Gasteiger partial charge in [0.2, 0.25) is 10.0 Å². The molecule has 8 heteroatoms. The molecule has 2 aromatic rings. The fourth-order valence-corrected chi connectivity index (χ4v) is 4.55. The van der Waals surface area contributed by atoms with Crippen molar-refractivity contribution < 1.29 is 17.9 Å². The maximum absolute atomic E-state index is 12.7. The molecule has 1 aliphatic rings. The van der Waals surface area contributed by atoms with Crippen LogP contribution >= 0.6 is 11.6 Å². The van der Waals surface area contributed by atoms with Crippen LogP contribution in [0.3, 0.4) is 0 Å². The number of hydrogen-bond donors (Lipinski definition) is 0. The molecule has 2 aromatic carbocycles. The lowest BCUT2D eigenvalue weighted by Crippen LogP contribution is -2.51. The Hall–Kier alpha value is -2.09. The molecular formula is C19H21ClN2O4S. The van der Waals surface area contributed by atoms with Gasteiger partial charge in [0, 0.05) is 31.2 Å². The van der Waals surface area contributed by atoms with Crippen LogP contribution in [0.1, 0.15) is 5.56 Å². The van der Waals surface area contributed by atoms with E-state index in [0.29, 0.717) is 23.9 Å². The van der Waals surface area contributed by atoms with Gasteiger partial charge in [0.15, 0.2) is 6.61 Å². The predicted molar refractivity (Wildman–Crippen MR) is 103 cm³/mol. The highest BCUT2D eigenvalue weighted by molar-refractivity contribution is 7.89. The molecule has 0 aromatic heterocycles. The van der Waals surface area contributed by atoms with Crippen LogP contribution in [-0.2, 0) is 14.8 Å². The Labute approximate surface area is 164 Å². The second-order valence-corrected chi connectivity index (χ2v) is 8.72. The molecule has 1 amide bonds. The third-order valence-corrected chi connectivity index (χ3v) is 6.54. The van der Waals surface area contributed by atoms with E-state index >= 15 is 0 Å². The van der Waals surface area contributed by atoms with Gasteiger partial charge in [-0.15, -0.1) is 0 Å². The molecule has 0 N–H and O–H groups in total. The fourth-order valence-electron chi connectivity index (χ4n) is 2.83. The summed E-state index contributed by atoms with van der Waals surface area (Å²) in [6.07, 6.45) is 0. The number of benzene rings is 2. The minimum Gasteiger partial charge on any atom is -0.484 e. The van der Waals surface area contributed by atoms with Crippen molar-refractivity contribution in [3.05, 3.63) is 59.1 Å². The normalized spacial score (nSPS) is 15.6. The molecule has 3 rings (SSSR count). The third-order valence-electron chi connectivity index (χ3n) is 4.41. The molecular weight excluding hydrogens is 388 g/mol. The van der Waals surface area contributed by atoms with Crippen molar-refractivity contribution in [3.63, 3.8) is 0 Å². The molecule has 0 aliphatic carbocycles. The van der Waals surface area contributed by atoms with Gasteiger partial charge >= 0.3 is 0 Å². The largest absolute Gasteiger partial charge is 0.484 e. The van der Waals surface area contributed by atoms with Crippen molar-refractivity contribution in [1.29, 1.82) is 0 Å². The Balaban J connectivity index is 1.55. The van der Waals surface area contributed by atoms with Gasteiger partial charge in [0.25, 0.3) is 5.91 Å². The lowest BCUT2D eigenvalue weighted by molar-refractivity contribution is -0.134. The molecule has 0 bridgehead atoms. The van der Waals surface area contributed by atoms with Crippen molar-refractivity contribution >= 4 is 27.5 Å². The first kappa shape index (κ1) is 19.7. The van der Waals surface area contributed by atoms with Gasteiger partial charge in [-0.05, 0) is 37.3 Å². The molecule has 1 saturated heterocycles. The zero-order chi connectivity index (χ0) is 19.4. The quantitative estimate of drug-likeness (QED) is 0.762. The summed E-state index contributed by atoms with van der Waals surface area (Å²) in [4.78, 5) is 14.1. The summed E-state index contributed by atoms with van der Waals surface area (Å²) in [5.41, 5.74) is 1.12. The zero-order valence-electron chi connectivity index (χ0n) is 15.0. The molecule has 0 atom stereocenters. The summed E-state index contributed by atoms with van der Waals surface area (Å²) >= 11 is 5.90. The lowest BCUT2D eigenvalue weighted by Gasteiger charge is -2.34. The number of halogens is 1. The van der Waals surface area contributed by atoms with Gasteiger partial charge in [-0.2, -0.15) is 4.31 Å². The number of rotatable bonds is 5. The molecule has 144 valence electrons. The van der Waals surface area contributed by atoms with E-state index in [0.717, 1.165) is 5.56 Å². The lowest BCUT2D eigenvalue weighted by atomic mass is 10.2. The summed E-state index contributed by atoms with van der Waals surface area (Å²) in [5.74, 6) is 0.478. The van der Waals surface area contributed by atoms with E-state index in [1.165, 1.54) is 16.4 Å².